The molecule has 0 N–H and O–H groups in total. The van der Waals surface area contributed by atoms with Crippen molar-refractivity contribution in [1.29, 1.82) is 0 Å². The van der Waals surface area contributed by atoms with Crippen LogP contribution in [-0.4, -0.2) is 41.6 Å². The normalized spacial score (nSPS) is 23.2. The number of amides is 1. The second kappa shape index (κ2) is 6.76. The molecule has 136 valence electrons. The lowest BCUT2D eigenvalue weighted by atomic mass is 9.96. The number of hydrogen-bond acceptors (Lipinski definition) is 3. The van der Waals surface area contributed by atoms with Gasteiger partial charge in [0.15, 0.2) is 0 Å². The predicted octanol–water partition coefficient (Wildman–Crippen LogP) is 3.91. The van der Waals surface area contributed by atoms with Gasteiger partial charge in [0, 0.05) is 31.6 Å². The molecule has 2 saturated heterocycles. The Morgan fingerprint density at radius 2 is 1.77 bits per heavy atom. The minimum Gasteiger partial charge on any atom is -0.496 e. The molecule has 4 heteroatoms. The van der Waals surface area contributed by atoms with Gasteiger partial charge < -0.3 is 9.64 Å². The molecular formula is C22H26N2O2. The van der Waals surface area contributed by atoms with Gasteiger partial charge in [-0.3, -0.25) is 9.69 Å². The van der Waals surface area contributed by atoms with Gasteiger partial charge in [-0.15, -0.1) is 0 Å². The third kappa shape index (κ3) is 2.78. The molecule has 0 aliphatic carbocycles. The first-order valence-corrected chi connectivity index (χ1v) is 9.40. The third-order valence-corrected chi connectivity index (χ3v) is 5.96. The molecule has 2 aliphatic rings. The highest BCUT2D eigenvalue weighted by Crippen LogP contribution is 2.39. The molecule has 4 rings (SSSR count). The monoisotopic (exact) mass is 350 g/mol. The van der Waals surface area contributed by atoms with Crippen LogP contribution in [0.15, 0.2) is 48.5 Å². The van der Waals surface area contributed by atoms with Crippen LogP contribution in [0.2, 0.25) is 0 Å². The number of para-hydroxylation sites is 1. The number of methoxy groups -OCH3 is 1. The summed E-state index contributed by atoms with van der Waals surface area (Å²) in [6.07, 6.45) is 2.63. The molecule has 0 saturated carbocycles. The summed E-state index contributed by atoms with van der Waals surface area (Å²) in [6.45, 7) is 4.98. The Morgan fingerprint density at radius 1 is 1.04 bits per heavy atom. The van der Waals surface area contributed by atoms with E-state index in [9.17, 15) is 4.79 Å². The van der Waals surface area contributed by atoms with E-state index in [1.165, 1.54) is 11.1 Å². The SMILES string of the molecule is COc1ccccc1-c1ccccc1CN1CCCN2C(=O)CCC12C. The number of benzene rings is 2. The Morgan fingerprint density at radius 3 is 2.58 bits per heavy atom. The van der Waals surface area contributed by atoms with Gasteiger partial charge in [0.1, 0.15) is 5.75 Å². The molecule has 2 aromatic rings. The van der Waals surface area contributed by atoms with Crippen molar-refractivity contribution < 1.29 is 9.53 Å². The van der Waals surface area contributed by atoms with E-state index in [0.717, 1.165) is 43.8 Å². The summed E-state index contributed by atoms with van der Waals surface area (Å²) >= 11 is 0. The quantitative estimate of drug-likeness (QED) is 0.838. The van der Waals surface area contributed by atoms with E-state index in [1.807, 2.05) is 18.2 Å². The molecule has 0 radical (unpaired) electrons. The minimum atomic E-state index is -0.150. The molecule has 1 unspecified atom stereocenters. The highest BCUT2D eigenvalue weighted by molar-refractivity contribution is 5.79. The van der Waals surface area contributed by atoms with Crippen LogP contribution in [0, 0.1) is 0 Å². The van der Waals surface area contributed by atoms with Crippen molar-refractivity contribution in [3.05, 3.63) is 54.1 Å². The van der Waals surface area contributed by atoms with Crippen LogP contribution in [-0.2, 0) is 11.3 Å². The van der Waals surface area contributed by atoms with Crippen molar-refractivity contribution in [1.82, 2.24) is 9.80 Å². The molecule has 0 bridgehead atoms. The summed E-state index contributed by atoms with van der Waals surface area (Å²) in [5.74, 6) is 1.19. The molecule has 0 aromatic heterocycles. The van der Waals surface area contributed by atoms with Crippen molar-refractivity contribution in [3.8, 4) is 16.9 Å². The average molecular weight is 350 g/mol. The summed E-state index contributed by atoms with van der Waals surface area (Å²) in [5.41, 5.74) is 3.45. The number of carbonyl (C=O) groups is 1. The lowest BCUT2D eigenvalue weighted by Gasteiger charge is -2.48. The number of rotatable bonds is 4. The minimum absolute atomic E-state index is 0.150. The van der Waals surface area contributed by atoms with Crippen molar-refractivity contribution in [3.63, 3.8) is 0 Å². The fourth-order valence-electron chi connectivity index (χ4n) is 4.48. The highest BCUT2D eigenvalue weighted by atomic mass is 16.5. The lowest BCUT2D eigenvalue weighted by molar-refractivity contribution is -0.141. The zero-order chi connectivity index (χ0) is 18.1. The van der Waals surface area contributed by atoms with Gasteiger partial charge in [-0.25, -0.2) is 0 Å². The number of nitrogens with zero attached hydrogens (tertiary/aromatic N) is 2. The Balaban J connectivity index is 1.68. The topological polar surface area (TPSA) is 32.8 Å². The van der Waals surface area contributed by atoms with Crippen LogP contribution in [0.25, 0.3) is 11.1 Å². The number of carbonyl (C=O) groups excluding carboxylic acids is 1. The molecule has 1 atom stereocenters. The summed E-state index contributed by atoms with van der Waals surface area (Å²) in [4.78, 5) is 16.8. The Hall–Kier alpha value is -2.33. The van der Waals surface area contributed by atoms with Crippen LogP contribution < -0.4 is 4.74 Å². The maximum absolute atomic E-state index is 12.3. The molecule has 1 amide bonds. The highest BCUT2D eigenvalue weighted by Gasteiger charge is 2.47. The number of fused-ring (bicyclic) bond motifs is 1. The molecule has 2 aliphatic heterocycles. The molecule has 4 nitrogen and oxygen atoms in total. The molecule has 26 heavy (non-hydrogen) atoms. The van der Waals surface area contributed by atoms with Crippen LogP contribution in [0.3, 0.4) is 0 Å². The number of hydrogen-bond donors (Lipinski definition) is 0. The second-order valence-corrected chi connectivity index (χ2v) is 7.39. The first-order valence-electron chi connectivity index (χ1n) is 9.40. The van der Waals surface area contributed by atoms with E-state index in [-0.39, 0.29) is 5.66 Å². The average Bonchev–Trinajstić information content (AvgIpc) is 2.98. The fourth-order valence-corrected chi connectivity index (χ4v) is 4.48. The number of ether oxygens (including phenoxy) is 1. The van der Waals surface area contributed by atoms with E-state index in [1.54, 1.807) is 7.11 Å². The van der Waals surface area contributed by atoms with Gasteiger partial charge in [-0.2, -0.15) is 0 Å². The Labute approximate surface area is 155 Å². The predicted molar refractivity (Wildman–Crippen MR) is 103 cm³/mol. The van der Waals surface area contributed by atoms with E-state index in [4.69, 9.17) is 4.74 Å². The summed E-state index contributed by atoms with van der Waals surface area (Å²) in [5, 5.41) is 0. The first-order chi connectivity index (χ1) is 12.6. The van der Waals surface area contributed by atoms with Gasteiger partial charge in [0.25, 0.3) is 0 Å². The van der Waals surface area contributed by atoms with Gasteiger partial charge in [0.05, 0.1) is 12.8 Å². The molecule has 2 aromatic carbocycles. The van der Waals surface area contributed by atoms with Gasteiger partial charge in [-0.1, -0.05) is 42.5 Å². The van der Waals surface area contributed by atoms with E-state index >= 15 is 0 Å². The van der Waals surface area contributed by atoms with Gasteiger partial charge in [-0.05, 0) is 37.0 Å². The van der Waals surface area contributed by atoms with E-state index in [2.05, 4.69) is 47.1 Å². The maximum Gasteiger partial charge on any atom is 0.224 e. The van der Waals surface area contributed by atoms with Gasteiger partial charge >= 0.3 is 0 Å². The van der Waals surface area contributed by atoms with Crippen molar-refractivity contribution >= 4 is 5.91 Å². The van der Waals surface area contributed by atoms with E-state index < -0.39 is 0 Å². The standard InChI is InChI=1S/C22H26N2O2/c1-22-13-12-21(25)24(22)15-7-14-23(22)16-17-8-3-4-9-18(17)19-10-5-6-11-20(19)26-2/h3-6,8-11H,7,12-16H2,1-2H3. The van der Waals surface area contributed by atoms with Crippen molar-refractivity contribution in [2.75, 3.05) is 20.2 Å². The second-order valence-electron chi connectivity index (χ2n) is 7.39. The molecule has 2 heterocycles. The summed E-state index contributed by atoms with van der Waals surface area (Å²) < 4.78 is 5.58. The largest absolute Gasteiger partial charge is 0.496 e. The van der Waals surface area contributed by atoms with Gasteiger partial charge in [0.2, 0.25) is 5.91 Å². The maximum atomic E-state index is 12.3. The van der Waals surface area contributed by atoms with Crippen LogP contribution in [0.4, 0.5) is 0 Å². The Kier molecular flexibility index (Phi) is 4.45. The fraction of sp³-hybridized carbons (Fsp3) is 0.409. The zero-order valence-corrected chi connectivity index (χ0v) is 15.6. The molecule has 0 spiro atoms. The third-order valence-electron chi connectivity index (χ3n) is 5.96. The van der Waals surface area contributed by atoms with Crippen LogP contribution in [0.1, 0.15) is 31.7 Å². The summed E-state index contributed by atoms with van der Waals surface area (Å²) in [6, 6.07) is 16.7. The molecular weight excluding hydrogens is 324 g/mol. The zero-order valence-electron chi connectivity index (χ0n) is 15.6. The molecule has 2 fully saturated rings. The van der Waals surface area contributed by atoms with Crippen molar-refractivity contribution in [2.45, 2.75) is 38.4 Å². The van der Waals surface area contributed by atoms with Crippen molar-refractivity contribution in [2.24, 2.45) is 0 Å². The first kappa shape index (κ1) is 17.1. The lowest BCUT2D eigenvalue weighted by Crippen LogP contribution is -2.60. The van der Waals surface area contributed by atoms with Crippen LogP contribution in [0.5, 0.6) is 5.75 Å². The van der Waals surface area contributed by atoms with E-state index in [0.29, 0.717) is 12.3 Å². The smallest absolute Gasteiger partial charge is 0.224 e. The summed E-state index contributed by atoms with van der Waals surface area (Å²) in [7, 11) is 1.72. The Bertz CT molecular complexity index is 819. The van der Waals surface area contributed by atoms with Crippen LogP contribution >= 0.6 is 0 Å².